The molecule has 0 aromatic carbocycles. The van der Waals surface area contributed by atoms with Gasteiger partial charge in [0.2, 0.25) is 0 Å². The van der Waals surface area contributed by atoms with Crippen LogP contribution in [0.15, 0.2) is 21.3 Å². The maximum atomic E-state index is 12.5. The molecule has 0 radical (unpaired) electrons. The van der Waals surface area contributed by atoms with Crippen LogP contribution in [0, 0.1) is 13.8 Å². The molecule has 6 heteroatoms. The lowest BCUT2D eigenvalue weighted by molar-refractivity contribution is 0.0774. The second kappa shape index (κ2) is 5.83. The van der Waals surface area contributed by atoms with Crippen LogP contribution in [0.3, 0.4) is 0 Å². The molecule has 0 bridgehead atoms. The topological polar surface area (TPSA) is 51.3 Å². The summed E-state index contributed by atoms with van der Waals surface area (Å²) in [6.45, 7) is 7.00. The van der Waals surface area contributed by atoms with E-state index in [1.165, 1.54) is 0 Å². The van der Waals surface area contributed by atoms with Crippen LogP contribution in [0.5, 0.6) is 0 Å². The van der Waals surface area contributed by atoms with Crippen LogP contribution in [0.25, 0.3) is 0 Å². The number of carbonyl (C=O) groups excluding carboxylic acids is 1. The molecular formula is C14H18BrN3O2. The lowest BCUT2D eigenvalue weighted by atomic mass is 10.2. The van der Waals surface area contributed by atoms with E-state index in [9.17, 15) is 4.79 Å². The summed E-state index contributed by atoms with van der Waals surface area (Å²) in [5, 5.41) is 3.91. The van der Waals surface area contributed by atoms with Crippen LogP contribution >= 0.6 is 15.9 Å². The van der Waals surface area contributed by atoms with Crippen LogP contribution < -0.4 is 0 Å². The zero-order valence-corrected chi connectivity index (χ0v) is 13.7. The number of hydrogen-bond donors (Lipinski definition) is 0. The summed E-state index contributed by atoms with van der Waals surface area (Å²) in [6, 6.07) is 1.84. The van der Waals surface area contributed by atoms with Gasteiger partial charge in [0, 0.05) is 29.8 Å². The molecule has 0 aliphatic carbocycles. The van der Waals surface area contributed by atoms with E-state index in [1.54, 1.807) is 11.9 Å². The molecule has 0 aliphatic rings. The van der Waals surface area contributed by atoms with Gasteiger partial charge in [-0.3, -0.25) is 4.79 Å². The van der Waals surface area contributed by atoms with Gasteiger partial charge in [0.05, 0.1) is 12.2 Å². The highest BCUT2D eigenvalue weighted by atomic mass is 79.9. The highest BCUT2D eigenvalue weighted by Crippen LogP contribution is 2.19. The minimum absolute atomic E-state index is 0.0162. The summed E-state index contributed by atoms with van der Waals surface area (Å²) in [7, 11) is 1.79. The predicted octanol–water partition coefficient (Wildman–Crippen LogP) is 3.15. The Kier molecular flexibility index (Phi) is 4.32. The number of aromatic nitrogens is 2. The fourth-order valence-electron chi connectivity index (χ4n) is 2.15. The first kappa shape index (κ1) is 14.8. The van der Waals surface area contributed by atoms with Crippen molar-refractivity contribution in [3.05, 3.63) is 39.4 Å². The van der Waals surface area contributed by atoms with Crippen molar-refractivity contribution >= 4 is 21.8 Å². The van der Waals surface area contributed by atoms with Crippen molar-refractivity contribution < 1.29 is 9.32 Å². The number of hydrogen-bond acceptors (Lipinski definition) is 3. The fraction of sp³-hybridized carbons (Fsp3) is 0.429. The largest absolute Gasteiger partial charge is 0.361 e. The third-order valence-corrected chi connectivity index (χ3v) is 3.78. The third-order valence-electron chi connectivity index (χ3n) is 3.35. The molecule has 20 heavy (non-hydrogen) atoms. The summed E-state index contributed by atoms with van der Waals surface area (Å²) in [5.74, 6) is 0.742. The number of nitrogens with zero attached hydrogens (tertiary/aromatic N) is 3. The molecular weight excluding hydrogens is 322 g/mol. The molecule has 2 heterocycles. The molecule has 0 atom stereocenters. The van der Waals surface area contributed by atoms with E-state index in [0.29, 0.717) is 12.2 Å². The molecule has 2 aromatic rings. The average molecular weight is 340 g/mol. The molecule has 0 aliphatic heterocycles. The van der Waals surface area contributed by atoms with Crippen molar-refractivity contribution in [2.45, 2.75) is 33.9 Å². The van der Waals surface area contributed by atoms with Gasteiger partial charge in [0.15, 0.2) is 0 Å². The maximum Gasteiger partial charge on any atom is 0.270 e. The number of amides is 1. The van der Waals surface area contributed by atoms with Crippen LogP contribution in [0.1, 0.15) is 34.4 Å². The van der Waals surface area contributed by atoms with Crippen molar-refractivity contribution in [1.82, 2.24) is 14.6 Å². The van der Waals surface area contributed by atoms with E-state index in [-0.39, 0.29) is 5.91 Å². The van der Waals surface area contributed by atoms with Crippen molar-refractivity contribution in [1.29, 1.82) is 0 Å². The zero-order chi connectivity index (χ0) is 14.9. The second-order valence-electron chi connectivity index (χ2n) is 4.79. The summed E-state index contributed by atoms with van der Waals surface area (Å²) in [5.41, 5.74) is 2.47. The minimum Gasteiger partial charge on any atom is -0.361 e. The van der Waals surface area contributed by atoms with E-state index in [4.69, 9.17) is 4.52 Å². The van der Waals surface area contributed by atoms with Crippen LogP contribution in [-0.2, 0) is 13.1 Å². The standard InChI is InChI=1S/C14H18BrN3O2/c1-5-18-7-11(15)6-13(18)14(19)17(4)8-12-9(2)16-20-10(12)3/h6-7H,5,8H2,1-4H3. The summed E-state index contributed by atoms with van der Waals surface area (Å²) in [6.07, 6.45) is 1.91. The Hall–Kier alpha value is -1.56. The van der Waals surface area contributed by atoms with E-state index in [0.717, 1.165) is 28.0 Å². The highest BCUT2D eigenvalue weighted by Gasteiger charge is 2.19. The predicted molar refractivity (Wildman–Crippen MR) is 79.6 cm³/mol. The third kappa shape index (κ3) is 2.80. The van der Waals surface area contributed by atoms with E-state index >= 15 is 0 Å². The average Bonchev–Trinajstić information content (AvgIpc) is 2.94. The molecule has 0 spiro atoms. The minimum atomic E-state index is -0.0162. The number of carbonyl (C=O) groups is 1. The number of halogens is 1. The van der Waals surface area contributed by atoms with Gasteiger partial charge in [-0.25, -0.2) is 0 Å². The summed E-state index contributed by atoms with van der Waals surface area (Å²) < 4.78 is 7.97. The first-order chi connectivity index (χ1) is 9.43. The van der Waals surface area contributed by atoms with Gasteiger partial charge in [-0.1, -0.05) is 5.16 Å². The maximum absolute atomic E-state index is 12.5. The highest BCUT2D eigenvalue weighted by molar-refractivity contribution is 9.10. The van der Waals surface area contributed by atoms with Crippen LogP contribution in [-0.4, -0.2) is 27.6 Å². The summed E-state index contributed by atoms with van der Waals surface area (Å²) in [4.78, 5) is 14.2. The monoisotopic (exact) mass is 339 g/mol. The fourth-order valence-corrected chi connectivity index (χ4v) is 2.61. The van der Waals surface area contributed by atoms with Crippen molar-refractivity contribution in [2.75, 3.05) is 7.05 Å². The number of rotatable bonds is 4. The Morgan fingerprint density at radius 3 is 2.75 bits per heavy atom. The Balaban J connectivity index is 2.20. The molecule has 0 N–H and O–H groups in total. The SMILES string of the molecule is CCn1cc(Br)cc1C(=O)N(C)Cc1c(C)noc1C. The first-order valence-corrected chi connectivity index (χ1v) is 7.26. The second-order valence-corrected chi connectivity index (χ2v) is 5.71. The molecule has 2 rings (SSSR count). The van der Waals surface area contributed by atoms with Crippen molar-refractivity contribution in [3.63, 3.8) is 0 Å². The van der Waals surface area contributed by atoms with Crippen LogP contribution in [0.4, 0.5) is 0 Å². The Labute approximate surface area is 126 Å². The van der Waals surface area contributed by atoms with Gasteiger partial charge in [-0.05, 0) is 42.8 Å². The smallest absolute Gasteiger partial charge is 0.270 e. The normalized spacial score (nSPS) is 10.8. The quantitative estimate of drug-likeness (QED) is 0.859. The van der Waals surface area contributed by atoms with E-state index < -0.39 is 0 Å². The Bertz CT molecular complexity index is 611. The lowest BCUT2D eigenvalue weighted by Gasteiger charge is -2.17. The van der Waals surface area contributed by atoms with E-state index in [1.807, 2.05) is 37.6 Å². The van der Waals surface area contributed by atoms with Crippen molar-refractivity contribution in [3.8, 4) is 0 Å². The Morgan fingerprint density at radius 1 is 1.50 bits per heavy atom. The summed E-state index contributed by atoms with van der Waals surface area (Å²) >= 11 is 3.41. The van der Waals surface area contributed by atoms with Gasteiger partial charge in [-0.2, -0.15) is 0 Å². The van der Waals surface area contributed by atoms with Gasteiger partial charge in [0.1, 0.15) is 11.5 Å². The molecule has 5 nitrogen and oxygen atoms in total. The molecule has 0 saturated heterocycles. The molecule has 108 valence electrons. The van der Waals surface area contributed by atoms with Gasteiger partial charge in [0.25, 0.3) is 5.91 Å². The first-order valence-electron chi connectivity index (χ1n) is 6.47. The Morgan fingerprint density at radius 2 is 2.20 bits per heavy atom. The van der Waals surface area contributed by atoms with Gasteiger partial charge >= 0.3 is 0 Å². The molecule has 0 unspecified atom stereocenters. The molecule has 0 saturated carbocycles. The van der Waals surface area contributed by atoms with E-state index in [2.05, 4.69) is 21.1 Å². The zero-order valence-electron chi connectivity index (χ0n) is 12.1. The van der Waals surface area contributed by atoms with Gasteiger partial charge < -0.3 is 14.0 Å². The molecule has 2 aromatic heterocycles. The lowest BCUT2D eigenvalue weighted by Crippen LogP contribution is -2.28. The molecule has 1 amide bonds. The van der Waals surface area contributed by atoms with Gasteiger partial charge in [-0.15, -0.1) is 0 Å². The van der Waals surface area contributed by atoms with Crippen LogP contribution in [0.2, 0.25) is 0 Å². The van der Waals surface area contributed by atoms with Crippen molar-refractivity contribution in [2.24, 2.45) is 0 Å². The molecule has 0 fully saturated rings. The number of aryl methyl sites for hydroxylation is 3.